The molecule has 2 saturated heterocycles. The van der Waals surface area contributed by atoms with E-state index in [-0.39, 0.29) is 24.0 Å². The molecule has 0 atom stereocenters. The largest absolute Gasteiger partial charge is 0.360 e. The van der Waals surface area contributed by atoms with Crippen molar-refractivity contribution in [2.75, 3.05) is 64.0 Å². The summed E-state index contributed by atoms with van der Waals surface area (Å²) >= 11 is 1.79. The third-order valence-electron chi connectivity index (χ3n) is 5.20. The van der Waals surface area contributed by atoms with Gasteiger partial charge in [-0.2, -0.15) is 0 Å². The fraction of sp³-hybridized carbons (Fsp3) is 0.706. The van der Waals surface area contributed by atoms with Crippen LogP contribution in [0.25, 0.3) is 0 Å². The van der Waals surface area contributed by atoms with Crippen molar-refractivity contribution in [2.45, 2.75) is 12.8 Å². The molecule has 7 nitrogen and oxygen atoms in total. The number of hydrogen-bond acceptors (Lipinski definition) is 5. The van der Waals surface area contributed by atoms with Gasteiger partial charge < -0.3 is 15.1 Å². The van der Waals surface area contributed by atoms with Gasteiger partial charge in [0.25, 0.3) is 0 Å². The molecule has 3 rings (SSSR count). The summed E-state index contributed by atoms with van der Waals surface area (Å²) in [6.45, 7) is 6.05. The molecule has 1 aromatic heterocycles. The van der Waals surface area contributed by atoms with Crippen molar-refractivity contribution < 1.29 is 8.42 Å². The highest BCUT2D eigenvalue weighted by Gasteiger charge is 2.26. The van der Waals surface area contributed by atoms with Gasteiger partial charge in [-0.05, 0) is 36.3 Å². The molecular formula is C17H30IN5O2S2. The molecule has 0 aromatic carbocycles. The molecule has 1 N–H and O–H groups in total. The molecule has 0 amide bonds. The first-order valence-corrected chi connectivity index (χ1v) is 11.9. The zero-order valence-corrected chi connectivity index (χ0v) is 20.0. The fourth-order valence-electron chi connectivity index (χ4n) is 3.60. The lowest BCUT2D eigenvalue weighted by Crippen LogP contribution is -2.53. The van der Waals surface area contributed by atoms with Crippen molar-refractivity contribution >= 4 is 56.3 Å². The van der Waals surface area contributed by atoms with E-state index < -0.39 is 10.0 Å². The Hall–Kier alpha value is -0.590. The van der Waals surface area contributed by atoms with E-state index in [9.17, 15) is 8.42 Å². The molecule has 0 spiro atoms. The van der Waals surface area contributed by atoms with Crippen LogP contribution in [0.15, 0.2) is 22.5 Å². The van der Waals surface area contributed by atoms with Gasteiger partial charge in [-0.3, -0.25) is 4.99 Å². The van der Waals surface area contributed by atoms with Crippen molar-refractivity contribution in [3.8, 4) is 0 Å². The van der Waals surface area contributed by atoms with Crippen molar-refractivity contribution in [1.82, 2.24) is 14.5 Å². The summed E-state index contributed by atoms with van der Waals surface area (Å²) in [4.78, 5) is 9.19. The number of hydrogen-bond donors (Lipinski definition) is 1. The Morgan fingerprint density at radius 3 is 2.41 bits per heavy atom. The van der Waals surface area contributed by atoms with E-state index in [1.54, 1.807) is 15.6 Å². The van der Waals surface area contributed by atoms with E-state index in [2.05, 4.69) is 37.6 Å². The van der Waals surface area contributed by atoms with Crippen LogP contribution < -0.4 is 10.2 Å². The summed E-state index contributed by atoms with van der Waals surface area (Å²) in [7, 11) is -1.22. The molecule has 0 unspecified atom stereocenters. The molecule has 2 fully saturated rings. The number of rotatable bonds is 4. The zero-order chi connectivity index (χ0) is 18.6. The molecule has 0 aliphatic carbocycles. The first kappa shape index (κ1) is 22.7. The van der Waals surface area contributed by atoms with Crippen LogP contribution >= 0.6 is 35.3 Å². The maximum absolute atomic E-state index is 11.6. The van der Waals surface area contributed by atoms with Crippen LogP contribution in [0.3, 0.4) is 0 Å². The van der Waals surface area contributed by atoms with Crippen LogP contribution in [0, 0.1) is 5.92 Å². The molecule has 154 valence electrons. The van der Waals surface area contributed by atoms with Gasteiger partial charge in [-0.25, -0.2) is 12.7 Å². The van der Waals surface area contributed by atoms with Crippen molar-refractivity contribution in [3.63, 3.8) is 0 Å². The number of nitrogens with one attached hydrogen (secondary N) is 1. The average Bonchev–Trinajstić information content (AvgIpc) is 3.17. The zero-order valence-electron chi connectivity index (χ0n) is 16.0. The summed E-state index contributed by atoms with van der Waals surface area (Å²) < 4.78 is 24.8. The second-order valence-electron chi connectivity index (χ2n) is 6.96. The number of aliphatic imine (C=N–C) groups is 1. The SMILES string of the molecule is CN=C(NCC1CCN(S(C)(=O)=O)CC1)N1CCN(c2cccs2)CC1.I. The molecule has 10 heteroatoms. The molecule has 0 saturated carbocycles. The normalized spacial score (nSPS) is 20.4. The fourth-order valence-corrected chi connectivity index (χ4v) is 5.26. The quantitative estimate of drug-likeness (QED) is 0.367. The van der Waals surface area contributed by atoms with Crippen molar-refractivity contribution in [2.24, 2.45) is 10.9 Å². The Morgan fingerprint density at radius 2 is 1.89 bits per heavy atom. The number of anilines is 1. The molecule has 0 bridgehead atoms. The van der Waals surface area contributed by atoms with Gasteiger partial charge in [-0.1, -0.05) is 0 Å². The second-order valence-corrected chi connectivity index (χ2v) is 9.87. The van der Waals surface area contributed by atoms with Gasteiger partial charge in [0, 0.05) is 52.9 Å². The van der Waals surface area contributed by atoms with E-state index in [4.69, 9.17) is 0 Å². The van der Waals surface area contributed by atoms with E-state index >= 15 is 0 Å². The van der Waals surface area contributed by atoms with E-state index in [0.29, 0.717) is 19.0 Å². The van der Waals surface area contributed by atoms with E-state index in [1.807, 2.05) is 7.05 Å². The number of halogens is 1. The molecular weight excluding hydrogens is 497 g/mol. The first-order chi connectivity index (χ1) is 12.5. The monoisotopic (exact) mass is 527 g/mol. The maximum Gasteiger partial charge on any atom is 0.211 e. The van der Waals surface area contributed by atoms with Gasteiger partial charge in [0.05, 0.1) is 11.3 Å². The minimum Gasteiger partial charge on any atom is -0.360 e. The number of piperazine rings is 1. The summed E-state index contributed by atoms with van der Waals surface area (Å²) in [6.07, 6.45) is 3.11. The standard InChI is InChI=1S/C17H29N5O2S2.HI/c1-18-17(19-14-15-5-7-22(8-6-15)26(2,23)24)21-11-9-20(10-12-21)16-4-3-13-25-16;/h3-4,13,15H,5-12,14H2,1-2H3,(H,18,19);1H. The summed E-state index contributed by atoms with van der Waals surface area (Å²) in [6, 6.07) is 4.28. The Kier molecular flexibility index (Phi) is 8.63. The highest BCUT2D eigenvalue weighted by molar-refractivity contribution is 14.0. The summed E-state index contributed by atoms with van der Waals surface area (Å²) in [5, 5.41) is 6.96. The number of sulfonamides is 1. The number of guanidine groups is 1. The lowest BCUT2D eigenvalue weighted by molar-refractivity contribution is 0.271. The molecule has 3 heterocycles. The third-order valence-corrected chi connectivity index (χ3v) is 7.43. The molecule has 1 aromatic rings. The van der Waals surface area contributed by atoms with Crippen LogP contribution in [0.4, 0.5) is 5.00 Å². The minimum absolute atomic E-state index is 0. The molecule has 27 heavy (non-hydrogen) atoms. The highest BCUT2D eigenvalue weighted by Crippen LogP contribution is 2.22. The Morgan fingerprint density at radius 1 is 1.22 bits per heavy atom. The van der Waals surface area contributed by atoms with E-state index in [1.165, 1.54) is 11.3 Å². The molecule has 0 radical (unpaired) electrons. The second kappa shape index (κ2) is 10.3. The topological polar surface area (TPSA) is 68.2 Å². The van der Waals surface area contributed by atoms with Gasteiger partial charge in [0.1, 0.15) is 0 Å². The predicted molar refractivity (Wildman–Crippen MR) is 124 cm³/mol. The number of thiophene rings is 1. The van der Waals surface area contributed by atoms with Crippen LogP contribution in [-0.2, 0) is 10.0 Å². The van der Waals surface area contributed by atoms with Crippen LogP contribution in [0.2, 0.25) is 0 Å². The van der Waals surface area contributed by atoms with Crippen molar-refractivity contribution in [3.05, 3.63) is 17.5 Å². The van der Waals surface area contributed by atoms with Gasteiger partial charge >= 0.3 is 0 Å². The first-order valence-electron chi connectivity index (χ1n) is 9.16. The maximum atomic E-state index is 11.6. The lowest BCUT2D eigenvalue weighted by atomic mass is 9.98. The van der Waals surface area contributed by atoms with Crippen LogP contribution in [0.5, 0.6) is 0 Å². The smallest absolute Gasteiger partial charge is 0.211 e. The Bertz CT molecular complexity index is 695. The van der Waals surface area contributed by atoms with Crippen LogP contribution in [-0.4, -0.2) is 82.7 Å². The van der Waals surface area contributed by atoms with Gasteiger partial charge in [-0.15, -0.1) is 35.3 Å². The third kappa shape index (κ3) is 6.20. The Balaban J connectivity index is 0.00000261. The summed E-state index contributed by atoms with van der Waals surface area (Å²) in [5.74, 6) is 1.46. The molecule has 2 aliphatic heterocycles. The Labute approximate surface area is 183 Å². The van der Waals surface area contributed by atoms with Gasteiger partial charge in [0.2, 0.25) is 10.0 Å². The lowest BCUT2D eigenvalue weighted by Gasteiger charge is -2.37. The van der Waals surface area contributed by atoms with Gasteiger partial charge in [0.15, 0.2) is 5.96 Å². The number of nitrogens with zero attached hydrogens (tertiary/aromatic N) is 4. The molecule has 2 aliphatic rings. The minimum atomic E-state index is -3.05. The summed E-state index contributed by atoms with van der Waals surface area (Å²) in [5.41, 5.74) is 0. The number of piperidine rings is 1. The highest BCUT2D eigenvalue weighted by atomic mass is 127. The van der Waals surface area contributed by atoms with E-state index in [0.717, 1.165) is 51.5 Å². The average molecular weight is 527 g/mol. The van der Waals surface area contributed by atoms with Crippen molar-refractivity contribution in [1.29, 1.82) is 0 Å². The van der Waals surface area contributed by atoms with Crippen LogP contribution in [0.1, 0.15) is 12.8 Å². The predicted octanol–water partition coefficient (Wildman–Crippen LogP) is 1.74.